The van der Waals surface area contributed by atoms with E-state index in [0.29, 0.717) is 0 Å². The molecule has 0 aliphatic carbocycles. The van der Waals surface area contributed by atoms with Crippen molar-refractivity contribution in [2.24, 2.45) is 5.40 Å². The Morgan fingerprint density at radius 1 is 0.435 bits per heavy atom. The maximum absolute atomic E-state index is 6.15. The highest BCUT2D eigenvalue weighted by atomic mass is 28.3. The minimum absolute atomic E-state index is 0.459. The molecule has 0 aromatic rings. The van der Waals surface area contributed by atoms with Gasteiger partial charge in [0.1, 0.15) is 8.96 Å². The van der Waals surface area contributed by atoms with Gasteiger partial charge in [0.15, 0.2) is 0 Å². The summed E-state index contributed by atoms with van der Waals surface area (Å²) in [4.78, 5) is 0. The molecule has 23 heavy (non-hydrogen) atoms. The first-order valence-electron chi connectivity index (χ1n) is 10.9. The van der Waals surface area contributed by atoms with E-state index in [-0.39, 0.29) is 0 Å². The zero-order valence-corrected chi connectivity index (χ0v) is 17.5. The molecular formula is C21H46NSi. The van der Waals surface area contributed by atoms with E-state index < -0.39 is 8.96 Å². The Morgan fingerprint density at radius 3 is 1.13 bits per heavy atom. The molecule has 0 aromatic heterocycles. The smallest absolute Gasteiger partial charge is 0.130 e. The lowest BCUT2D eigenvalue weighted by Crippen LogP contribution is -2.24. The van der Waals surface area contributed by atoms with E-state index in [0.717, 1.165) is 0 Å². The zero-order valence-electron chi connectivity index (χ0n) is 16.5. The van der Waals surface area contributed by atoms with Crippen LogP contribution in [0.2, 0.25) is 12.1 Å². The second kappa shape index (κ2) is 20.2. The monoisotopic (exact) mass is 340 g/mol. The number of hydrogen-bond donors (Lipinski definition) is 1. The van der Waals surface area contributed by atoms with Crippen molar-refractivity contribution < 1.29 is 0 Å². The summed E-state index contributed by atoms with van der Waals surface area (Å²) in [5.41, 5.74) is 0. The van der Waals surface area contributed by atoms with E-state index in [4.69, 9.17) is 5.40 Å². The van der Waals surface area contributed by atoms with Crippen molar-refractivity contribution in [3.05, 3.63) is 0 Å². The van der Waals surface area contributed by atoms with Gasteiger partial charge in [-0.3, -0.25) is 0 Å². The standard InChI is InChI=1S/C21H46NSi/c1-3-5-6-7-8-9-10-11-12-13-14-15-16-17-18-19-21-23(22)20-4-2/h3-22H2,1-2H3. The third-order valence-electron chi connectivity index (χ3n) is 4.92. The summed E-state index contributed by atoms with van der Waals surface area (Å²) in [5.74, 6) is 0. The first-order valence-corrected chi connectivity index (χ1v) is 12.9. The third-order valence-corrected chi connectivity index (χ3v) is 7.06. The molecule has 1 radical (unpaired) electrons. The Kier molecular flexibility index (Phi) is 20.4. The molecule has 0 heterocycles. The molecule has 0 saturated heterocycles. The van der Waals surface area contributed by atoms with Gasteiger partial charge in [-0.15, -0.1) is 0 Å². The number of rotatable bonds is 19. The maximum atomic E-state index is 6.15. The van der Waals surface area contributed by atoms with Gasteiger partial charge in [0.25, 0.3) is 0 Å². The van der Waals surface area contributed by atoms with Crippen molar-refractivity contribution in [2.75, 3.05) is 0 Å². The van der Waals surface area contributed by atoms with E-state index >= 15 is 0 Å². The fourth-order valence-corrected chi connectivity index (χ4v) is 4.94. The van der Waals surface area contributed by atoms with Crippen molar-refractivity contribution >= 4 is 8.96 Å². The molecule has 0 aliphatic heterocycles. The van der Waals surface area contributed by atoms with Crippen LogP contribution in [0.3, 0.4) is 0 Å². The molecule has 0 aliphatic rings. The van der Waals surface area contributed by atoms with Crippen LogP contribution in [0.15, 0.2) is 0 Å². The number of nitrogens with two attached hydrogens (primary N) is 1. The fraction of sp³-hybridized carbons (Fsp3) is 1.00. The van der Waals surface area contributed by atoms with Crippen LogP contribution >= 0.6 is 0 Å². The van der Waals surface area contributed by atoms with Gasteiger partial charge in [0, 0.05) is 0 Å². The summed E-state index contributed by atoms with van der Waals surface area (Å²) < 4.78 is 0. The minimum Gasteiger partial charge on any atom is -0.352 e. The van der Waals surface area contributed by atoms with Crippen LogP contribution in [-0.2, 0) is 0 Å². The molecule has 0 saturated carbocycles. The molecule has 2 N–H and O–H groups in total. The van der Waals surface area contributed by atoms with Crippen molar-refractivity contribution in [3.8, 4) is 0 Å². The van der Waals surface area contributed by atoms with Crippen molar-refractivity contribution in [1.29, 1.82) is 0 Å². The molecule has 0 unspecified atom stereocenters. The average Bonchev–Trinajstić information content (AvgIpc) is 2.54. The second-order valence-electron chi connectivity index (χ2n) is 7.46. The molecule has 0 fully saturated rings. The van der Waals surface area contributed by atoms with Gasteiger partial charge >= 0.3 is 0 Å². The van der Waals surface area contributed by atoms with E-state index in [1.165, 1.54) is 121 Å². The average molecular weight is 341 g/mol. The predicted molar refractivity (Wildman–Crippen MR) is 109 cm³/mol. The lowest BCUT2D eigenvalue weighted by atomic mass is 10.0. The van der Waals surface area contributed by atoms with Crippen LogP contribution in [-0.4, -0.2) is 8.96 Å². The van der Waals surface area contributed by atoms with Crippen LogP contribution in [0.4, 0.5) is 0 Å². The molecule has 139 valence electrons. The Hall–Kier alpha value is 0.177. The van der Waals surface area contributed by atoms with Gasteiger partial charge in [-0.05, 0) is 12.1 Å². The van der Waals surface area contributed by atoms with Crippen LogP contribution < -0.4 is 5.40 Å². The van der Waals surface area contributed by atoms with Crippen LogP contribution in [0.1, 0.15) is 123 Å². The molecular weight excluding hydrogens is 294 g/mol. The zero-order chi connectivity index (χ0) is 17.0. The van der Waals surface area contributed by atoms with E-state index in [1.54, 1.807) is 0 Å². The molecule has 0 spiro atoms. The summed E-state index contributed by atoms with van der Waals surface area (Å²) in [7, 11) is -0.459. The quantitative estimate of drug-likeness (QED) is 0.190. The minimum atomic E-state index is -0.459. The summed E-state index contributed by atoms with van der Waals surface area (Å²) >= 11 is 0. The van der Waals surface area contributed by atoms with Crippen molar-refractivity contribution in [2.45, 2.75) is 135 Å². The second-order valence-corrected chi connectivity index (χ2v) is 9.78. The Labute approximate surface area is 149 Å². The fourth-order valence-electron chi connectivity index (χ4n) is 3.35. The van der Waals surface area contributed by atoms with E-state index in [1.807, 2.05) is 0 Å². The maximum Gasteiger partial charge on any atom is 0.130 e. The molecule has 0 aromatic carbocycles. The summed E-state index contributed by atoms with van der Waals surface area (Å²) in [5, 5.41) is 6.15. The molecule has 0 rings (SSSR count). The van der Waals surface area contributed by atoms with Crippen molar-refractivity contribution in [3.63, 3.8) is 0 Å². The highest BCUT2D eigenvalue weighted by Crippen LogP contribution is 2.14. The third kappa shape index (κ3) is 20.1. The molecule has 0 bridgehead atoms. The van der Waals surface area contributed by atoms with Gasteiger partial charge in [0.2, 0.25) is 0 Å². The first kappa shape index (κ1) is 23.2. The lowest BCUT2D eigenvalue weighted by Gasteiger charge is -2.07. The van der Waals surface area contributed by atoms with Crippen LogP contribution in [0, 0.1) is 0 Å². The Morgan fingerprint density at radius 2 is 0.783 bits per heavy atom. The van der Waals surface area contributed by atoms with E-state index in [9.17, 15) is 0 Å². The van der Waals surface area contributed by atoms with Gasteiger partial charge in [-0.1, -0.05) is 123 Å². The van der Waals surface area contributed by atoms with Gasteiger partial charge < -0.3 is 5.40 Å². The SMILES string of the molecule is CCCCCCCCCCCCCCCCCC[Si](N)CCC. The van der Waals surface area contributed by atoms with Crippen LogP contribution in [0.25, 0.3) is 0 Å². The van der Waals surface area contributed by atoms with Gasteiger partial charge in [0.05, 0.1) is 0 Å². The normalized spacial score (nSPS) is 11.5. The molecule has 0 atom stereocenters. The Bertz CT molecular complexity index is 208. The molecule has 2 heteroatoms. The molecule has 0 amide bonds. The molecule has 1 nitrogen and oxygen atoms in total. The predicted octanol–water partition coefficient (Wildman–Crippen LogP) is 7.61. The number of hydrogen-bond acceptors (Lipinski definition) is 1. The topological polar surface area (TPSA) is 26.0 Å². The highest BCUT2D eigenvalue weighted by Gasteiger charge is 2.03. The summed E-state index contributed by atoms with van der Waals surface area (Å²) in [6.07, 6.45) is 24.5. The largest absolute Gasteiger partial charge is 0.352 e. The van der Waals surface area contributed by atoms with Crippen LogP contribution in [0.5, 0.6) is 0 Å². The van der Waals surface area contributed by atoms with E-state index in [2.05, 4.69) is 13.8 Å². The van der Waals surface area contributed by atoms with Crippen molar-refractivity contribution in [1.82, 2.24) is 0 Å². The summed E-state index contributed by atoms with van der Waals surface area (Å²) in [6.45, 7) is 4.55. The Balaban J connectivity index is 3.00. The van der Waals surface area contributed by atoms with Gasteiger partial charge in [-0.2, -0.15) is 0 Å². The highest BCUT2D eigenvalue weighted by molar-refractivity contribution is 6.55. The van der Waals surface area contributed by atoms with Gasteiger partial charge in [-0.25, -0.2) is 0 Å². The summed E-state index contributed by atoms with van der Waals surface area (Å²) in [6, 6.07) is 2.65. The lowest BCUT2D eigenvalue weighted by molar-refractivity contribution is 0.531. The first-order chi connectivity index (χ1) is 11.3. The number of unbranched alkanes of at least 4 members (excludes halogenated alkanes) is 15.